The molecule has 0 unspecified atom stereocenters. The molecule has 0 bridgehead atoms. The van der Waals surface area contributed by atoms with E-state index in [-0.39, 0.29) is 11.4 Å². The summed E-state index contributed by atoms with van der Waals surface area (Å²) >= 11 is 6.73. The third-order valence-corrected chi connectivity index (χ3v) is 5.65. The zero-order chi connectivity index (χ0) is 15.8. The van der Waals surface area contributed by atoms with E-state index >= 15 is 0 Å². The first-order valence-corrected chi connectivity index (χ1v) is 9.05. The highest BCUT2D eigenvalue weighted by atomic mass is 79.9. The summed E-state index contributed by atoms with van der Waals surface area (Å²) in [6, 6.07) is 3.66. The lowest BCUT2D eigenvalue weighted by Crippen LogP contribution is -2.17. The Kier molecular flexibility index (Phi) is 4.76. The van der Waals surface area contributed by atoms with Crippen LogP contribution in [0.2, 0.25) is 0 Å². The molecule has 0 saturated heterocycles. The van der Waals surface area contributed by atoms with Gasteiger partial charge in [0.1, 0.15) is 4.90 Å². The summed E-state index contributed by atoms with van der Waals surface area (Å²) in [5, 5.41) is 6.55. The maximum atomic E-state index is 12.6. The van der Waals surface area contributed by atoms with Crippen molar-refractivity contribution < 1.29 is 8.42 Å². The van der Waals surface area contributed by atoms with E-state index in [1.54, 1.807) is 6.92 Å². The molecule has 0 spiro atoms. The zero-order valence-corrected chi connectivity index (χ0v) is 15.4. The number of rotatable bonds is 4. The summed E-state index contributed by atoms with van der Waals surface area (Å²) in [4.78, 5) is 0.0874. The van der Waals surface area contributed by atoms with E-state index in [9.17, 15) is 8.42 Å². The van der Waals surface area contributed by atoms with E-state index in [1.165, 1.54) is 0 Å². The van der Waals surface area contributed by atoms with Crippen molar-refractivity contribution in [2.45, 2.75) is 25.3 Å². The standard InChI is InChI=1S/C12H14Br2N4O2S/c1-6-3-8(13)11(9(14)4-6)18-21(19,20)12-7(2)16-17-10(12)5-15/h3-4,18H,5,15H2,1-2H3,(H,16,17). The van der Waals surface area contributed by atoms with E-state index < -0.39 is 10.0 Å². The fraction of sp³-hybridized carbons (Fsp3) is 0.250. The van der Waals surface area contributed by atoms with E-state index in [4.69, 9.17) is 5.73 Å². The molecular formula is C12H14Br2N4O2S. The SMILES string of the molecule is Cc1cc(Br)c(NS(=O)(=O)c2c(CN)n[nH]c2C)c(Br)c1. The molecule has 0 radical (unpaired) electrons. The van der Waals surface area contributed by atoms with Crippen LogP contribution in [-0.2, 0) is 16.6 Å². The molecule has 6 nitrogen and oxygen atoms in total. The van der Waals surface area contributed by atoms with Gasteiger partial charge in [0.15, 0.2) is 0 Å². The first-order chi connectivity index (χ1) is 9.76. The van der Waals surface area contributed by atoms with Gasteiger partial charge in [-0.25, -0.2) is 8.42 Å². The van der Waals surface area contributed by atoms with Gasteiger partial charge in [0.2, 0.25) is 0 Å². The van der Waals surface area contributed by atoms with Gasteiger partial charge in [-0.3, -0.25) is 9.82 Å². The second-order valence-corrected chi connectivity index (χ2v) is 7.87. The van der Waals surface area contributed by atoms with Gasteiger partial charge in [-0.15, -0.1) is 0 Å². The van der Waals surface area contributed by atoms with Crippen molar-refractivity contribution in [3.8, 4) is 0 Å². The van der Waals surface area contributed by atoms with Crippen LogP contribution in [0.1, 0.15) is 17.0 Å². The maximum absolute atomic E-state index is 12.6. The number of aryl methyl sites for hydroxylation is 2. The molecule has 1 aromatic carbocycles. The van der Waals surface area contributed by atoms with Crippen LogP contribution in [0.4, 0.5) is 5.69 Å². The number of hydrogen-bond acceptors (Lipinski definition) is 4. The van der Waals surface area contributed by atoms with Crippen molar-refractivity contribution in [2.75, 3.05) is 4.72 Å². The molecule has 1 heterocycles. The van der Waals surface area contributed by atoms with Gasteiger partial charge in [0, 0.05) is 15.5 Å². The van der Waals surface area contributed by atoms with Gasteiger partial charge >= 0.3 is 0 Å². The predicted octanol–water partition coefficient (Wildman–Crippen LogP) is 2.81. The molecule has 1 aromatic heterocycles. The van der Waals surface area contributed by atoms with E-state index in [1.807, 2.05) is 19.1 Å². The monoisotopic (exact) mass is 436 g/mol. The Bertz CT molecular complexity index is 764. The van der Waals surface area contributed by atoms with Gasteiger partial charge < -0.3 is 5.73 Å². The van der Waals surface area contributed by atoms with Crippen LogP contribution in [0, 0.1) is 13.8 Å². The number of nitrogens with zero attached hydrogens (tertiary/aromatic N) is 1. The molecule has 2 aromatic rings. The number of hydrogen-bond donors (Lipinski definition) is 3. The third kappa shape index (κ3) is 3.31. The maximum Gasteiger partial charge on any atom is 0.265 e. The molecule has 0 aliphatic heterocycles. The predicted molar refractivity (Wildman–Crippen MR) is 88.6 cm³/mol. The van der Waals surface area contributed by atoms with Crippen molar-refractivity contribution >= 4 is 47.6 Å². The Morgan fingerprint density at radius 1 is 1.29 bits per heavy atom. The summed E-state index contributed by atoms with van der Waals surface area (Å²) in [5.74, 6) is 0. The quantitative estimate of drug-likeness (QED) is 0.684. The van der Waals surface area contributed by atoms with Gasteiger partial charge in [0.25, 0.3) is 10.0 Å². The molecular weight excluding hydrogens is 424 g/mol. The summed E-state index contributed by atoms with van der Waals surface area (Å²) in [7, 11) is -3.79. The van der Waals surface area contributed by atoms with Gasteiger partial charge in [-0.1, -0.05) is 0 Å². The van der Waals surface area contributed by atoms with E-state index in [0.717, 1.165) is 5.56 Å². The molecule has 0 fully saturated rings. The number of H-pyrrole nitrogens is 1. The van der Waals surface area contributed by atoms with Crippen molar-refractivity contribution in [1.82, 2.24) is 10.2 Å². The minimum absolute atomic E-state index is 0.0385. The van der Waals surface area contributed by atoms with Crippen LogP contribution < -0.4 is 10.5 Å². The number of aromatic amines is 1. The lowest BCUT2D eigenvalue weighted by atomic mass is 10.2. The van der Waals surface area contributed by atoms with Crippen molar-refractivity contribution in [3.63, 3.8) is 0 Å². The van der Waals surface area contributed by atoms with Gasteiger partial charge in [-0.05, 0) is 63.4 Å². The summed E-state index contributed by atoms with van der Waals surface area (Å²) in [6.07, 6.45) is 0. The fourth-order valence-corrected chi connectivity index (χ4v) is 5.30. The smallest absolute Gasteiger partial charge is 0.265 e. The first-order valence-electron chi connectivity index (χ1n) is 5.98. The molecule has 0 saturated carbocycles. The summed E-state index contributed by atoms with van der Waals surface area (Å²) < 4.78 is 29.0. The average Bonchev–Trinajstić information content (AvgIpc) is 2.76. The van der Waals surface area contributed by atoms with Crippen LogP contribution >= 0.6 is 31.9 Å². The largest absolute Gasteiger partial charge is 0.325 e. The molecule has 0 atom stereocenters. The first kappa shape index (κ1) is 16.5. The average molecular weight is 438 g/mol. The Hall–Kier alpha value is -0.900. The van der Waals surface area contributed by atoms with Gasteiger partial charge in [-0.2, -0.15) is 5.10 Å². The van der Waals surface area contributed by atoms with Crippen molar-refractivity contribution in [1.29, 1.82) is 0 Å². The van der Waals surface area contributed by atoms with Crippen molar-refractivity contribution in [2.24, 2.45) is 5.73 Å². The highest BCUT2D eigenvalue weighted by molar-refractivity contribution is 9.11. The van der Waals surface area contributed by atoms with Crippen LogP contribution in [-0.4, -0.2) is 18.6 Å². The molecule has 0 aliphatic rings. The Morgan fingerprint density at radius 2 is 1.86 bits per heavy atom. The van der Waals surface area contributed by atoms with Gasteiger partial charge in [0.05, 0.1) is 17.1 Å². The molecule has 2 rings (SSSR count). The number of nitrogens with two attached hydrogens (primary N) is 1. The van der Waals surface area contributed by atoms with Crippen LogP contribution in [0.15, 0.2) is 26.0 Å². The second kappa shape index (κ2) is 6.07. The minimum Gasteiger partial charge on any atom is -0.325 e. The number of aromatic nitrogens is 2. The van der Waals surface area contributed by atoms with Crippen LogP contribution in [0.3, 0.4) is 0 Å². The lowest BCUT2D eigenvalue weighted by Gasteiger charge is -2.13. The van der Waals surface area contributed by atoms with Crippen LogP contribution in [0.5, 0.6) is 0 Å². The normalized spacial score (nSPS) is 11.7. The van der Waals surface area contributed by atoms with Crippen molar-refractivity contribution in [3.05, 3.63) is 38.0 Å². The molecule has 4 N–H and O–H groups in total. The number of nitrogens with one attached hydrogen (secondary N) is 2. The zero-order valence-electron chi connectivity index (χ0n) is 11.4. The van der Waals surface area contributed by atoms with E-state index in [2.05, 4.69) is 46.8 Å². The Morgan fingerprint density at radius 3 is 2.38 bits per heavy atom. The topological polar surface area (TPSA) is 101 Å². The second-order valence-electron chi connectivity index (χ2n) is 4.54. The molecule has 9 heteroatoms. The fourth-order valence-electron chi connectivity index (χ4n) is 1.95. The Balaban J connectivity index is 2.50. The Labute approximate surface area is 139 Å². The molecule has 114 valence electrons. The van der Waals surface area contributed by atoms with E-state index in [0.29, 0.717) is 26.0 Å². The highest BCUT2D eigenvalue weighted by Gasteiger charge is 2.25. The lowest BCUT2D eigenvalue weighted by molar-refractivity contribution is 0.599. The molecule has 0 amide bonds. The summed E-state index contributed by atoms with van der Waals surface area (Å²) in [6.45, 7) is 3.59. The summed E-state index contributed by atoms with van der Waals surface area (Å²) in [5.41, 5.74) is 7.73. The minimum atomic E-state index is -3.79. The third-order valence-electron chi connectivity index (χ3n) is 2.85. The van der Waals surface area contributed by atoms with Crippen LogP contribution in [0.25, 0.3) is 0 Å². The number of anilines is 1. The number of halogens is 2. The molecule has 0 aliphatic carbocycles. The number of sulfonamides is 1. The number of benzene rings is 1. The molecule has 21 heavy (non-hydrogen) atoms. The highest BCUT2D eigenvalue weighted by Crippen LogP contribution is 2.34.